The average molecular weight is 443 g/mol. The molecule has 9 heteroatoms. The smallest absolute Gasteiger partial charge is 0.256 e. The molecule has 1 amide bonds. The van der Waals surface area contributed by atoms with Crippen molar-refractivity contribution in [3.8, 4) is 0 Å². The predicted octanol–water partition coefficient (Wildman–Crippen LogP) is 2.86. The van der Waals surface area contributed by atoms with Crippen LogP contribution in [0, 0.1) is 11.6 Å². The monoisotopic (exact) mass is 443 g/mol. The number of carbonyl (C=O) groups is 1. The molecule has 160 valence electrons. The Bertz CT molecular complexity index is 1220. The van der Waals surface area contributed by atoms with E-state index in [4.69, 9.17) is 0 Å². The van der Waals surface area contributed by atoms with Gasteiger partial charge in [0.15, 0.2) is 5.84 Å². The normalized spacial score (nSPS) is 17.9. The lowest BCUT2D eigenvalue weighted by molar-refractivity contribution is -0.117. The quantitative estimate of drug-likeness (QED) is 0.771. The maximum absolute atomic E-state index is 13.8. The predicted molar refractivity (Wildman–Crippen MR) is 113 cm³/mol. The summed E-state index contributed by atoms with van der Waals surface area (Å²) in [6.07, 6.45) is 4.98. The molecule has 1 atom stereocenters. The van der Waals surface area contributed by atoms with Crippen LogP contribution in [0.2, 0.25) is 0 Å². The minimum Gasteiger partial charge on any atom is -0.345 e. The molecule has 0 saturated heterocycles. The number of rotatable bonds is 5. The summed E-state index contributed by atoms with van der Waals surface area (Å²) < 4.78 is 55.2. The number of amidine groups is 1. The minimum atomic E-state index is -3.66. The Balaban J connectivity index is 1.65. The van der Waals surface area contributed by atoms with Crippen molar-refractivity contribution in [2.75, 3.05) is 12.3 Å². The molecule has 0 fully saturated rings. The van der Waals surface area contributed by atoms with Crippen molar-refractivity contribution in [1.29, 1.82) is 0 Å². The van der Waals surface area contributed by atoms with Crippen molar-refractivity contribution in [1.82, 2.24) is 10.2 Å². The van der Waals surface area contributed by atoms with Crippen molar-refractivity contribution in [2.24, 2.45) is 4.40 Å². The second kappa shape index (κ2) is 8.43. The molecule has 0 bridgehead atoms. The van der Waals surface area contributed by atoms with Gasteiger partial charge < -0.3 is 10.2 Å². The molecule has 2 aliphatic rings. The van der Waals surface area contributed by atoms with Gasteiger partial charge in [0.1, 0.15) is 11.6 Å². The second-order valence-electron chi connectivity index (χ2n) is 7.23. The van der Waals surface area contributed by atoms with Crippen molar-refractivity contribution in [2.45, 2.75) is 12.5 Å². The van der Waals surface area contributed by atoms with E-state index in [1.807, 2.05) is 0 Å². The molecule has 0 aromatic heterocycles. The Morgan fingerprint density at radius 2 is 1.87 bits per heavy atom. The van der Waals surface area contributed by atoms with Gasteiger partial charge in [-0.05, 0) is 54.0 Å². The van der Waals surface area contributed by atoms with E-state index >= 15 is 0 Å². The first-order valence-corrected chi connectivity index (χ1v) is 11.2. The molecule has 0 spiro atoms. The van der Waals surface area contributed by atoms with Crippen molar-refractivity contribution < 1.29 is 22.0 Å². The van der Waals surface area contributed by atoms with Gasteiger partial charge in [-0.2, -0.15) is 0 Å². The Morgan fingerprint density at radius 3 is 2.61 bits per heavy atom. The molecule has 0 aliphatic carbocycles. The number of amides is 1. The van der Waals surface area contributed by atoms with Crippen LogP contribution in [0.5, 0.6) is 0 Å². The summed E-state index contributed by atoms with van der Waals surface area (Å²) in [5, 5.41) is 2.83. The number of fused-ring (bicyclic) bond motifs is 1. The number of hydrogen-bond acceptors (Lipinski definition) is 4. The molecule has 31 heavy (non-hydrogen) atoms. The van der Waals surface area contributed by atoms with Gasteiger partial charge in [-0.3, -0.25) is 4.79 Å². The Hall–Kier alpha value is -3.33. The van der Waals surface area contributed by atoms with Gasteiger partial charge in [0.2, 0.25) is 0 Å². The molecule has 4 rings (SSSR count). The number of halogens is 2. The van der Waals surface area contributed by atoms with E-state index < -0.39 is 33.6 Å². The van der Waals surface area contributed by atoms with E-state index in [0.29, 0.717) is 11.1 Å². The highest BCUT2D eigenvalue weighted by atomic mass is 32.2. The van der Waals surface area contributed by atoms with E-state index in [-0.39, 0.29) is 30.1 Å². The molecular formula is C22H19F2N3O3S. The largest absolute Gasteiger partial charge is 0.345 e. The van der Waals surface area contributed by atoms with Gasteiger partial charge >= 0.3 is 0 Å². The number of nitrogens with one attached hydrogen (secondary N) is 1. The van der Waals surface area contributed by atoms with Crippen molar-refractivity contribution in [3.63, 3.8) is 0 Å². The Morgan fingerprint density at radius 1 is 1.13 bits per heavy atom. The highest BCUT2D eigenvalue weighted by molar-refractivity contribution is 7.90. The zero-order valence-electron chi connectivity index (χ0n) is 16.3. The molecule has 2 aromatic carbocycles. The summed E-state index contributed by atoms with van der Waals surface area (Å²) in [6, 6.07) is 11.0. The third-order valence-electron chi connectivity index (χ3n) is 4.99. The summed E-state index contributed by atoms with van der Waals surface area (Å²) in [4.78, 5) is 14.7. The fourth-order valence-corrected chi connectivity index (χ4v) is 4.49. The summed E-state index contributed by atoms with van der Waals surface area (Å²) in [6.45, 7) is 0.193. The number of benzene rings is 2. The maximum atomic E-state index is 13.8. The van der Waals surface area contributed by atoms with Crippen LogP contribution < -0.4 is 5.32 Å². The fraction of sp³-hybridized carbons (Fsp3) is 0.182. The van der Waals surface area contributed by atoms with Gasteiger partial charge in [0, 0.05) is 12.7 Å². The van der Waals surface area contributed by atoms with Crippen LogP contribution in [-0.4, -0.2) is 37.4 Å². The zero-order valence-corrected chi connectivity index (χ0v) is 17.1. The van der Waals surface area contributed by atoms with Gasteiger partial charge in [0.25, 0.3) is 15.9 Å². The molecule has 0 radical (unpaired) electrons. The van der Waals surface area contributed by atoms with Crippen LogP contribution >= 0.6 is 0 Å². The number of sulfonamides is 1. The van der Waals surface area contributed by atoms with Gasteiger partial charge in [-0.25, -0.2) is 17.2 Å². The number of allylic oxidation sites excluding steroid dienone is 2. The number of hydrogen-bond donors (Lipinski definition) is 1. The highest BCUT2D eigenvalue weighted by Crippen LogP contribution is 2.23. The SMILES string of the molecule is O=C(NC(Cc1cccc(F)c1)c1cccc(F)c1)C1=CC=CN2CCS(=O)(=O)N=C12. The lowest BCUT2D eigenvalue weighted by Crippen LogP contribution is -2.43. The zero-order chi connectivity index (χ0) is 22.0. The fourth-order valence-electron chi connectivity index (χ4n) is 3.50. The van der Waals surface area contributed by atoms with E-state index in [0.717, 1.165) is 0 Å². The number of carbonyl (C=O) groups excluding carboxylic acids is 1. The van der Waals surface area contributed by atoms with Crippen molar-refractivity contribution >= 4 is 21.8 Å². The summed E-state index contributed by atoms with van der Waals surface area (Å²) in [7, 11) is -3.66. The third-order valence-corrected chi connectivity index (χ3v) is 6.14. The van der Waals surface area contributed by atoms with Crippen LogP contribution in [0.4, 0.5) is 8.78 Å². The summed E-state index contributed by atoms with van der Waals surface area (Å²) >= 11 is 0. The third kappa shape index (κ3) is 4.88. The first-order chi connectivity index (χ1) is 14.8. The first kappa shape index (κ1) is 20.9. The lowest BCUT2D eigenvalue weighted by Gasteiger charge is -2.29. The average Bonchev–Trinajstić information content (AvgIpc) is 2.72. The van der Waals surface area contributed by atoms with Crippen LogP contribution in [0.1, 0.15) is 17.2 Å². The van der Waals surface area contributed by atoms with Crippen LogP contribution in [-0.2, 0) is 21.2 Å². The lowest BCUT2D eigenvalue weighted by atomic mass is 9.98. The molecule has 0 saturated carbocycles. The topological polar surface area (TPSA) is 78.8 Å². The first-order valence-electron chi connectivity index (χ1n) is 9.60. The van der Waals surface area contributed by atoms with E-state index in [9.17, 15) is 22.0 Å². The van der Waals surface area contributed by atoms with E-state index in [1.165, 1.54) is 36.4 Å². The number of nitrogens with zero attached hydrogens (tertiary/aromatic N) is 2. The molecule has 1 unspecified atom stereocenters. The van der Waals surface area contributed by atoms with Gasteiger partial charge in [0.05, 0.1) is 17.4 Å². The maximum Gasteiger partial charge on any atom is 0.256 e. The Labute approximate surface area is 178 Å². The highest BCUT2D eigenvalue weighted by Gasteiger charge is 2.31. The minimum absolute atomic E-state index is 0.0509. The summed E-state index contributed by atoms with van der Waals surface area (Å²) in [5.74, 6) is -1.53. The van der Waals surface area contributed by atoms with E-state index in [1.54, 1.807) is 35.4 Å². The van der Waals surface area contributed by atoms with Crippen LogP contribution in [0.3, 0.4) is 0 Å². The molecule has 1 N–H and O–H groups in total. The molecule has 2 aliphatic heterocycles. The molecule has 6 nitrogen and oxygen atoms in total. The summed E-state index contributed by atoms with van der Waals surface area (Å²) in [5.41, 5.74) is 1.21. The Kier molecular flexibility index (Phi) is 5.69. The second-order valence-corrected chi connectivity index (χ2v) is 8.99. The molecular weight excluding hydrogens is 424 g/mol. The molecule has 2 heterocycles. The van der Waals surface area contributed by atoms with Gasteiger partial charge in [-0.15, -0.1) is 4.40 Å². The van der Waals surface area contributed by atoms with Crippen LogP contribution in [0.25, 0.3) is 0 Å². The van der Waals surface area contributed by atoms with E-state index in [2.05, 4.69) is 9.71 Å². The van der Waals surface area contributed by atoms with Gasteiger partial charge in [-0.1, -0.05) is 24.3 Å². The van der Waals surface area contributed by atoms with Crippen molar-refractivity contribution in [3.05, 3.63) is 95.2 Å². The molecule has 2 aromatic rings. The standard InChI is InChI=1S/C22H19F2N3O3S/c23-17-6-1-4-15(12-17)13-20(16-5-2-7-18(24)14-16)25-22(28)19-8-3-9-27-10-11-31(29,30)26-21(19)27/h1-9,12,14,20H,10-11,13H2,(H,25,28). The van der Waals surface area contributed by atoms with Crippen LogP contribution in [0.15, 0.2) is 76.9 Å².